The van der Waals surface area contributed by atoms with E-state index in [1.54, 1.807) is 0 Å². The minimum Gasteiger partial charge on any atom is -0.338 e. The molecule has 4 unspecified atom stereocenters. The first-order valence-corrected chi connectivity index (χ1v) is 11.8. The first-order chi connectivity index (χ1) is 15.7. The van der Waals surface area contributed by atoms with Crippen LogP contribution >= 0.6 is 0 Å². The molecule has 0 aliphatic carbocycles. The number of urea groups is 1. The molecule has 0 saturated carbocycles. The van der Waals surface area contributed by atoms with Crippen LogP contribution in [0.5, 0.6) is 0 Å². The van der Waals surface area contributed by atoms with E-state index in [1.807, 2.05) is 48.8 Å². The average Bonchev–Trinajstić information content (AvgIpc) is 2.85. The van der Waals surface area contributed by atoms with Gasteiger partial charge in [0, 0.05) is 69.9 Å². The van der Waals surface area contributed by atoms with Gasteiger partial charge in [-0.25, -0.2) is 14.8 Å². The van der Waals surface area contributed by atoms with Crippen LogP contribution in [0, 0.1) is 11.8 Å². The van der Waals surface area contributed by atoms with E-state index in [-0.39, 0.29) is 6.03 Å². The average molecular weight is 436 g/mol. The van der Waals surface area contributed by atoms with Crippen LogP contribution in [-0.2, 0) is 0 Å². The van der Waals surface area contributed by atoms with Crippen molar-refractivity contribution in [1.29, 1.82) is 0 Å². The van der Waals surface area contributed by atoms with Crippen LogP contribution in [0.3, 0.4) is 0 Å². The van der Waals surface area contributed by atoms with E-state index >= 15 is 0 Å². The number of rotatable bonds is 6. The second-order valence-corrected chi connectivity index (χ2v) is 9.23. The number of nitrogens with zero attached hydrogens (tertiary/aromatic N) is 5. The normalized spacial score (nSPS) is 27.8. The summed E-state index contributed by atoms with van der Waals surface area (Å²) >= 11 is 0. The Labute approximate surface area is 190 Å². The minimum absolute atomic E-state index is 0.115. The van der Waals surface area contributed by atoms with Crippen molar-refractivity contribution in [1.82, 2.24) is 25.1 Å². The Bertz CT molecular complexity index is 872. The summed E-state index contributed by atoms with van der Waals surface area (Å²) < 4.78 is 0. The van der Waals surface area contributed by atoms with Gasteiger partial charge in [-0.2, -0.15) is 0 Å². The Morgan fingerprint density at radius 2 is 1.78 bits per heavy atom. The van der Waals surface area contributed by atoms with Crippen molar-refractivity contribution in [2.75, 3.05) is 62.6 Å². The van der Waals surface area contributed by atoms with Crippen LogP contribution in [0.1, 0.15) is 12.8 Å². The van der Waals surface area contributed by atoms with Crippen molar-refractivity contribution in [3.05, 3.63) is 48.8 Å². The Balaban J connectivity index is 1.06. The highest BCUT2D eigenvalue weighted by molar-refractivity contribution is 5.89. The molecule has 2 bridgehead atoms. The zero-order valence-corrected chi connectivity index (χ0v) is 18.6. The number of fused-ring (bicyclic) bond motifs is 3. The number of nitrogens with one attached hydrogen (secondary N) is 2. The highest BCUT2D eigenvalue weighted by atomic mass is 16.2. The molecule has 0 radical (unpaired) electrons. The summed E-state index contributed by atoms with van der Waals surface area (Å²) in [5, 5.41) is 6.00. The summed E-state index contributed by atoms with van der Waals surface area (Å²) in [7, 11) is 0. The quantitative estimate of drug-likeness (QED) is 0.724. The number of hydrogen-bond acceptors (Lipinski definition) is 6. The highest BCUT2D eigenvalue weighted by Crippen LogP contribution is 2.36. The van der Waals surface area contributed by atoms with Crippen molar-refractivity contribution in [2.24, 2.45) is 11.8 Å². The number of benzene rings is 1. The number of carbonyl (C=O) groups is 1. The predicted molar refractivity (Wildman–Crippen MR) is 126 cm³/mol. The van der Waals surface area contributed by atoms with E-state index in [4.69, 9.17) is 0 Å². The monoisotopic (exact) mass is 435 g/mol. The molecule has 4 fully saturated rings. The van der Waals surface area contributed by atoms with E-state index in [0.29, 0.717) is 6.04 Å². The van der Waals surface area contributed by atoms with Crippen LogP contribution in [0.2, 0.25) is 0 Å². The number of carbonyl (C=O) groups excluding carboxylic acids is 1. The number of hydrogen-bond donors (Lipinski definition) is 2. The Morgan fingerprint density at radius 1 is 1.00 bits per heavy atom. The van der Waals surface area contributed by atoms with Gasteiger partial charge in [0.2, 0.25) is 5.95 Å². The van der Waals surface area contributed by atoms with Gasteiger partial charge in [-0.1, -0.05) is 18.2 Å². The van der Waals surface area contributed by atoms with Crippen molar-refractivity contribution >= 4 is 17.7 Å². The zero-order valence-electron chi connectivity index (χ0n) is 18.6. The van der Waals surface area contributed by atoms with Crippen LogP contribution in [0.15, 0.2) is 48.8 Å². The predicted octanol–water partition coefficient (Wildman–Crippen LogP) is 2.13. The fourth-order valence-electron chi connectivity index (χ4n) is 5.49. The Hall–Kier alpha value is -2.71. The molecule has 6 rings (SSSR count). The lowest BCUT2D eigenvalue weighted by molar-refractivity contribution is -0.0114. The standard InChI is InChI=1S/C24H33N7O/c32-24(28-21-5-2-1-3-6-21)27-16-22-15-19-7-10-31(22)18-20(19)17-29-11-13-30(14-12-29)23-25-8-4-9-26-23/h1-6,8-9,19-20,22H,7,10-18H2,(H2,27,28,32). The molecule has 2 aromatic rings. The van der Waals surface area contributed by atoms with Gasteiger partial charge in [0.05, 0.1) is 0 Å². The van der Waals surface area contributed by atoms with Gasteiger partial charge in [0.15, 0.2) is 0 Å². The molecule has 2 amide bonds. The summed E-state index contributed by atoms with van der Waals surface area (Å²) in [6.45, 7) is 8.35. The van der Waals surface area contributed by atoms with E-state index in [9.17, 15) is 4.79 Å². The maximum Gasteiger partial charge on any atom is 0.319 e. The SMILES string of the molecule is O=C(NCC1CC2CCN1CC2CN1CCN(c2ncccn2)CC1)Nc1ccccc1. The summed E-state index contributed by atoms with van der Waals surface area (Å²) in [6.07, 6.45) is 6.11. The highest BCUT2D eigenvalue weighted by Gasteiger charge is 2.40. The molecule has 0 spiro atoms. The maximum atomic E-state index is 12.3. The van der Waals surface area contributed by atoms with Crippen LogP contribution < -0.4 is 15.5 Å². The van der Waals surface area contributed by atoms with Gasteiger partial charge in [-0.15, -0.1) is 0 Å². The second kappa shape index (κ2) is 9.83. The van der Waals surface area contributed by atoms with Crippen molar-refractivity contribution in [3.63, 3.8) is 0 Å². The third kappa shape index (κ3) is 5.02. The zero-order chi connectivity index (χ0) is 21.8. The number of anilines is 2. The van der Waals surface area contributed by atoms with Crippen LogP contribution in [0.4, 0.5) is 16.4 Å². The number of amides is 2. The number of aromatic nitrogens is 2. The summed E-state index contributed by atoms with van der Waals surface area (Å²) in [5.74, 6) is 2.35. The maximum absolute atomic E-state index is 12.3. The molecule has 2 N–H and O–H groups in total. The molecular weight excluding hydrogens is 402 g/mol. The van der Waals surface area contributed by atoms with Gasteiger partial charge in [-0.3, -0.25) is 9.80 Å². The van der Waals surface area contributed by atoms with Gasteiger partial charge < -0.3 is 15.5 Å². The fourth-order valence-corrected chi connectivity index (χ4v) is 5.49. The molecule has 4 aliphatic rings. The molecule has 5 heterocycles. The fraction of sp³-hybridized carbons (Fsp3) is 0.542. The topological polar surface area (TPSA) is 76.6 Å². The first kappa shape index (κ1) is 21.2. The molecule has 1 aromatic carbocycles. The minimum atomic E-state index is -0.115. The molecule has 4 saturated heterocycles. The van der Waals surface area contributed by atoms with Crippen molar-refractivity contribution in [3.8, 4) is 0 Å². The molecule has 8 nitrogen and oxygen atoms in total. The molecule has 32 heavy (non-hydrogen) atoms. The lowest BCUT2D eigenvalue weighted by Crippen LogP contribution is -2.59. The molecule has 8 heteroatoms. The van der Waals surface area contributed by atoms with Crippen molar-refractivity contribution in [2.45, 2.75) is 18.9 Å². The third-order valence-electron chi connectivity index (χ3n) is 7.24. The lowest BCUT2D eigenvalue weighted by Gasteiger charge is -2.51. The summed E-state index contributed by atoms with van der Waals surface area (Å²) in [6, 6.07) is 11.8. The van der Waals surface area contributed by atoms with Crippen molar-refractivity contribution < 1.29 is 4.79 Å². The first-order valence-electron chi connectivity index (χ1n) is 11.8. The molecule has 170 valence electrons. The van der Waals surface area contributed by atoms with Gasteiger partial charge in [0.25, 0.3) is 0 Å². The summed E-state index contributed by atoms with van der Waals surface area (Å²) in [5.41, 5.74) is 0.828. The Morgan fingerprint density at radius 3 is 2.50 bits per heavy atom. The molecule has 4 atom stereocenters. The largest absolute Gasteiger partial charge is 0.338 e. The van der Waals surface area contributed by atoms with Gasteiger partial charge >= 0.3 is 6.03 Å². The molecule has 1 aromatic heterocycles. The lowest BCUT2D eigenvalue weighted by atomic mass is 9.75. The third-order valence-corrected chi connectivity index (χ3v) is 7.24. The van der Waals surface area contributed by atoms with Gasteiger partial charge in [-0.05, 0) is 49.4 Å². The molecule has 4 aliphatic heterocycles. The smallest absolute Gasteiger partial charge is 0.319 e. The number of piperazine rings is 1. The number of para-hydroxylation sites is 1. The Kier molecular flexibility index (Phi) is 6.50. The second-order valence-electron chi connectivity index (χ2n) is 9.23. The molecular formula is C24H33N7O. The van der Waals surface area contributed by atoms with E-state index in [1.165, 1.54) is 19.4 Å². The summed E-state index contributed by atoms with van der Waals surface area (Å²) in [4.78, 5) is 28.5. The number of piperidine rings is 3. The van der Waals surface area contributed by atoms with E-state index in [2.05, 4.69) is 35.3 Å². The van der Waals surface area contributed by atoms with E-state index in [0.717, 1.165) is 69.3 Å². The van der Waals surface area contributed by atoms with Crippen LogP contribution in [0.25, 0.3) is 0 Å². The van der Waals surface area contributed by atoms with Crippen LogP contribution in [-0.4, -0.2) is 84.2 Å². The van der Waals surface area contributed by atoms with Gasteiger partial charge in [0.1, 0.15) is 0 Å². The van der Waals surface area contributed by atoms with E-state index < -0.39 is 0 Å².